The molecule has 0 bridgehead atoms. The Morgan fingerprint density at radius 2 is 2.24 bits per heavy atom. The highest BCUT2D eigenvalue weighted by molar-refractivity contribution is 5.83. The number of hydrogen-bond donors (Lipinski definition) is 1. The lowest BCUT2D eigenvalue weighted by Gasteiger charge is -2.17. The quantitative estimate of drug-likeness (QED) is 0.863. The van der Waals surface area contributed by atoms with E-state index in [2.05, 4.69) is 5.32 Å². The maximum atomic E-state index is 13.4. The molecule has 1 heterocycles. The number of hydrogen-bond acceptors (Lipinski definition) is 2. The van der Waals surface area contributed by atoms with Gasteiger partial charge in [-0.25, -0.2) is 8.78 Å². The molecule has 1 aliphatic rings. The van der Waals surface area contributed by atoms with Crippen LogP contribution >= 0.6 is 0 Å². The van der Waals surface area contributed by atoms with Gasteiger partial charge in [0.15, 0.2) is 0 Å². The molecule has 1 fully saturated rings. The van der Waals surface area contributed by atoms with Crippen LogP contribution in [0.5, 0.6) is 0 Å². The summed E-state index contributed by atoms with van der Waals surface area (Å²) in [4.78, 5) is 13.3. The van der Waals surface area contributed by atoms with Crippen LogP contribution in [0.4, 0.5) is 8.78 Å². The molecule has 3 nitrogen and oxygen atoms in total. The van der Waals surface area contributed by atoms with E-state index in [4.69, 9.17) is 0 Å². The Bertz CT molecular complexity index is 437. The Labute approximate surface area is 98.4 Å². The first kappa shape index (κ1) is 12.0. The van der Waals surface area contributed by atoms with Crippen molar-refractivity contribution in [2.24, 2.45) is 0 Å². The van der Waals surface area contributed by atoms with Gasteiger partial charge in [-0.3, -0.25) is 4.79 Å². The normalized spacial score (nSPS) is 20.1. The summed E-state index contributed by atoms with van der Waals surface area (Å²) in [6.07, 6.45) is 0.701. The number of halogens is 2. The van der Waals surface area contributed by atoms with Crippen LogP contribution in [0.15, 0.2) is 18.2 Å². The van der Waals surface area contributed by atoms with E-state index in [1.807, 2.05) is 0 Å². The van der Waals surface area contributed by atoms with E-state index in [1.54, 1.807) is 11.9 Å². The average molecular weight is 240 g/mol. The lowest BCUT2D eigenvalue weighted by Crippen LogP contribution is -2.36. The predicted octanol–water partition coefficient (Wildman–Crippen LogP) is 1.29. The van der Waals surface area contributed by atoms with Crippen molar-refractivity contribution in [3.8, 4) is 0 Å². The second-order valence-corrected chi connectivity index (χ2v) is 4.13. The molecule has 1 N–H and O–H groups in total. The number of rotatable bonds is 3. The summed E-state index contributed by atoms with van der Waals surface area (Å²) in [5.74, 6) is -1.03. The van der Waals surface area contributed by atoms with Crippen LogP contribution in [0.3, 0.4) is 0 Å². The summed E-state index contributed by atoms with van der Waals surface area (Å²) in [5.41, 5.74) is 0.218. The van der Waals surface area contributed by atoms with Gasteiger partial charge in [0, 0.05) is 18.7 Å². The van der Waals surface area contributed by atoms with Crippen LogP contribution in [0, 0.1) is 11.6 Å². The van der Waals surface area contributed by atoms with E-state index in [9.17, 15) is 13.6 Å². The molecule has 2 rings (SSSR count). The van der Waals surface area contributed by atoms with Crippen LogP contribution in [-0.4, -0.2) is 30.4 Å². The van der Waals surface area contributed by atoms with Crippen LogP contribution in [0.2, 0.25) is 0 Å². The highest BCUT2D eigenvalue weighted by atomic mass is 19.1. The van der Waals surface area contributed by atoms with Gasteiger partial charge in [0.1, 0.15) is 11.6 Å². The summed E-state index contributed by atoms with van der Waals surface area (Å²) in [6.45, 7) is 0.695. The number of nitrogens with one attached hydrogen (secondary N) is 1. The lowest BCUT2D eigenvalue weighted by atomic mass is 10.2. The van der Waals surface area contributed by atoms with Crippen molar-refractivity contribution in [2.75, 3.05) is 13.6 Å². The number of likely N-dealkylation sites (N-methyl/N-ethyl adjacent to an activating group) is 1. The van der Waals surface area contributed by atoms with Gasteiger partial charge in [-0.1, -0.05) is 0 Å². The van der Waals surface area contributed by atoms with Crippen LogP contribution in [0.25, 0.3) is 0 Å². The molecular formula is C12H14F2N2O. The van der Waals surface area contributed by atoms with Crippen LogP contribution < -0.4 is 5.32 Å². The third kappa shape index (κ3) is 2.44. The first-order valence-corrected chi connectivity index (χ1v) is 5.52. The molecule has 1 amide bonds. The largest absolute Gasteiger partial charge is 0.337 e. The van der Waals surface area contributed by atoms with Crippen molar-refractivity contribution in [1.82, 2.24) is 10.2 Å². The number of carbonyl (C=O) groups excluding carboxylic acids is 1. The van der Waals surface area contributed by atoms with Gasteiger partial charge in [0.05, 0.1) is 6.04 Å². The van der Waals surface area contributed by atoms with Gasteiger partial charge in [0.2, 0.25) is 5.91 Å². The maximum absolute atomic E-state index is 13.4. The van der Waals surface area contributed by atoms with E-state index in [0.29, 0.717) is 13.0 Å². The lowest BCUT2D eigenvalue weighted by molar-refractivity contribution is -0.129. The van der Waals surface area contributed by atoms with Crippen molar-refractivity contribution in [3.63, 3.8) is 0 Å². The summed E-state index contributed by atoms with van der Waals surface area (Å²) >= 11 is 0. The molecule has 92 valence electrons. The molecule has 5 heteroatoms. The highest BCUT2D eigenvalue weighted by Crippen LogP contribution is 2.17. The number of benzene rings is 1. The summed E-state index contributed by atoms with van der Waals surface area (Å²) in [7, 11) is 1.72. The Balaban J connectivity index is 2.11. The summed E-state index contributed by atoms with van der Waals surface area (Å²) < 4.78 is 26.4. The maximum Gasteiger partial charge on any atom is 0.240 e. The molecule has 1 saturated heterocycles. The topological polar surface area (TPSA) is 32.3 Å². The van der Waals surface area contributed by atoms with E-state index in [0.717, 1.165) is 18.2 Å². The fourth-order valence-corrected chi connectivity index (χ4v) is 2.03. The molecule has 0 saturated carbocycles. The summed E-state index contributed by atoms with van der Waals surface area (Å²) in [6, 6.07) is 3.09. The highest BCUT2D eigenvalue weighted by Gasteiger charge is 2.30. The monoisotopic (exact) mass is 240 g/mol. The minimum absolute atomic E-state index is 0.0591. The molecule has 1 atom stereocenters. The average Bonchev–Trinajstić information content (AvgIpc) is 2.65. The van der Waals surface area contributed by atoms with Crippen molar-refractivity contribution in [2.45, 2.75) is 19.0 Å². The van der Waals surface area contributed by atoms with Gasteiger partial charge >= 0.3 is 0 Å². The van der Waals surface area contributed by atoms with Gasteiger partial charge in [-0.2, -0.15) is 0 Å². The molecule has 0 spiro atoms. The third-order valence-corrected chi connectivity index (χ3v) is 3.01. The Hall–Kier alpha value is -1.49. The molecule has 1 aromatic carbocycles. The second kappa shape index (κ2) is 4.79. The Kier molecular flexibility index (Phi) is 3.38. The van der Waals surface area contributed by atoms with Crippen molar-refractivity contribution in [1.29, 1.82) is 0 Å². The Morgan fingerprint density at radius 3 is 2.88 bits per heavy atom. The van der Waals surface area contributed by atoms with E-state index in [-0.39, 0.29) is 24.1 Å². The first-order chi connectivity index (χ1) is 8.11. The minimum Gasteiger partial charge on any atom is -0.337 e. The number of likely N-dealkylation sites (tertiary alicyclic amines) is 1. The number of nitrogens with zero attached hydrogens (tertiary/aromatic N) is 1. The molecule has 17 heavy (non-hydrogen) atoms. The SMILES string of the molecule is CNC1CCN(Cc2cc(F)ccc2F)C1=O. The molecule has 0 aliphatic carbocycles. The fourth-order valence-electron chi connectivity index (χ4n) is 2.03. The Morgan fingerprint density at radius 1 is 1.47 bits per heavy atom. The standard InChI is InChI=1S/C12H14F2N2O/c1-15-11-4-5-16(12(11)17)7-8-6-9(13)2-3-10(8)14/h2-3,6,11,15H,4-5,7H2,1H3. The first-order valence-electron chi connectivity index (χ1n) is 5.52. The number of carbonyl (C=O) groups is 1. The van der Waals surface area contributed by atoms with Crippen LogP contribution in [-0.2, 0) is 11.3 Å². The fraction of sp³-hybridized carbons (Fsp3) is 0.417. The van der Waals surface area contributed by atoms with Crippen LogP contribution in [0.1, 0.15) is 12.0 Å². The van der Waals surface area contributed by atoms with Gasteiger partial charge in [-0.05, 0) is 31.7 Å². The smallest absolute Gasteiger partial charge is 0.240 e. The van der Waals surface area contributed by atoms with Crippen molar-refractivity contribution >= 4 is 5.91 Å². The van der Waals surface area contributed by atoms with Crippen molar-refractivity contribution in [3.05, 3.63) is 35.4 Å². The minimum atomic E-state index is -0.488. The molecule has 1 unspecified atom stereocenters. The molecule has 0 radical (unpaired) electrons. The van der Waals surface area contributed by atoms with Gasteiger partial charge in [0.25, 0.3) is 0 Å². The van der Waals surface area contributed by atoms with Gasteiger partial charge < -0.3 is 10.2 Å². The van der Waals surface area contributed by atoms with E-state index < -0.39 is 11.6 Å². The van der Waals surface area contributed by atoms with E-state index in [1.165, 1.54) is 0 Å². The molecule has 1 aliphatic heterocycles. The third-order valence-electron chi connectivity index (χ3n) is 3.01. The van der Waals surface area contributed by atoms with Crippen molar-refractivity contribution < 1.29 is 13.6 Å². The van der Waals surface area contributed by atoms with E-state index >= 15 is 0 Å². The predicted molar refractivity (Wildman–Crippen MR) is 59.2 cm³/mol. The summed E-state index contributed by atoms with van der Waals surface area (Å²) in [5, 5.41) is 2.90. The zero-order chi connectivity index (χ0) is 12.4. The second-order valence-electron chi connectivity index (χ2n) is 4.13. The molecular weight excluding hydrogens is 226 g/mol. The molecule has 0 aromatic heterocycles. The zero-order valence-corrected chi connectivity index (χ0v) is 9.54. The number of amides is 1. The van der Waals surface area contributed by atoms with Gasteiger partial charge in [-0.15, -0.1) is 0 Å². The zero-order valence-electron chi connectivity index (χ0n) is 9.54. The molecule has 1 aromatic rings.